The van der Waals surface area contributed by atoms with Crippen molar-refractivity contribution in [2.24, 2.45) is 11.8 Å². The van der Waals surface area contributed by atoms with Crippen molar-refractivity contribution in [1.82, 2.24) is 20.1 Å². The standard InChI is InChI=1S/C31H44N4O2/c36-31(33-22-30-2-1-21-37-30)29-7-5-27(6-8-29)23-34-17-11-25(12-18-34)3-4-26-13-19-35(20-14-26)24-28-9-15-32-16-10-28/h5-10,15-16,25-26,30H,1-4,11-14,17-24H2,(H,33,36). The molecule has 3 saturated heterocycles. The van der Waals surface area contributed by atoms with Gasteiger partial charge in [0.25, 0.3) is 5.91 Å². The van der Waals surface area contributed by atoms with Crippen LogP contribution in [0.1, 0.15) is 72.9 Å². The molecule has 6 heteroatoms. The number of rotatable bonds is 10. The highest BCUT2D eigenvalue weighted by Gasteiger charge is 2.23. The summed E-state index contributed by atoms with van der Waals surface area (Å²) in [4.78, 5) is 21.7. The molecule has 1 atom stereocenters. The van der Waals surface area contributed by atoms with Gasteiger partial charge in [0.15, 0.2) is 0 Å². The van der Waals surface area contributed by atoms with Gasteiger partial charge in [0, 0.05) is 44.2 Å². The van der Waals surface area contributed by atoms with E-state index in [9.17, 15) is 4.79 Å². The summed E-state index contributed by atoms with van der Waals surface area (Å²) in [6, 6.07) is 12.5. The summed E-state index contributed by atoms with van der Waals surface area (Å²) >= 11 is 0. The van der Waals surface area contributed by atoms with Crippen LogP contribution in [0.25, 0.3) is 0 Å². The number of hydrogen-bond donors (Lipinski definition) is 1. The number of carbonyl (C=O) groups is 1. The van der Waals surface area contributed by atoms with Gasteiger partial charge in [-0.1, -0.05) is 25.0 Å². The monoisotopic (exact) mass is 504 g/mol. The first-order chi connectivity index (χ1) is 18.2. The fourth-order valence-corrected chi connectivity index (χ4v) is 6.22. The minimum absolute atomic E-state index is 0.00211. The normalized spacial score (nSPS) is 22.3. The summed E-state index contributed by atoms with van der Waals surface area (Å²) < 4.78 is 5.59. The molecule has 3 aliphatic heterocycles. The summed E-state index contributed by atoms with van der Waals surface area (Å²) in [6.07, 6.45) is 14.3. The Hall–Kier alpha value is -2.28. The van der Waals surface area contributed by atoms with Gasteiger partial charge in [0.2, 0.25) is 0 Å². The number of nitrogens with one attached hydrogen (secondary N) is 1. The van der Waals surface area contributed by atoms with Crippen molar-refractivity contribution in [3.05, 3.63) is 65.5 Å². The molecule has 1 aromatic carbocycles. The lowest BCUT2D eigenvalue weighted by Crippen LogP contribution is -2.35. The molecule has 0 saturated carbocycles. The maximum Gasteiger partial charge on any atom is 0.251 e. The SMILES string of the molecule is O=C(NCC1CCCO1)c1ccc(CN2CCC(CCC3CCN(Cc4ccncc4)CC3)CC2)cc1. The first-order valence-corrected chi connectivity index (χ1v) is 14.5. The van der Waals surface area contributed by atoms with E-state index in [1.807, 2.05) is 24.5 Å². The summed E-state index contributed by atoms with van der Waals surface area (Å²) in [5.74, 6) is 1.80. The van der Waals surface area contributed by atoms with Gasteiger partial charge in [-0.15, -0.1) is 0 Å². The third-order valence-electron chi connectivity index (χ3n) is 8.69. The van der Waals surface area contributed by atoms with Crippen LogP contribution < -0.4 is 5.32 Å². The van der Waals surface area contributed by atoms with Gasteiger partial charge < -0.3 is 10.1 Å². The van der Waals surface area contributed by atoms with Crippen molar-refractivity contribution in [2.45, 2.75) is 70.6 Å². The summed E-state index contributed by atoms with van der Waals surface area (Å²) in [6.45, 7) is 8.35. The predicted molar refractivity (Wildman–Crippen MR) is 147 cm³/mol. The highest BCUT2D eigenvalue weighted by atomic mass is 16.5. The molecule has 6 nitrogen and oxygen atoms in total. The number of carbonyl (C=O) groups excluding carboxylic acids is 1. The molecule has 0 spiro atoms. The number of hydrogen-bond acceptors (Lipinski definition) is 5. The largest absolute Gasteiger partial charge is 0.376 e. The molecule has 5 rings (SSSR count). The number of aromatic nitrogens is 1. The minimum atomic E-state index is 0.00211. The van der Waals surface area contributed by atoms with Gasteiger partial charge in [-0.3, -0.25) is 19.6 Å². The summed E-state index contributed by atoms with van der Waals surface area (Å²) in [5.41, 5.74) is 3.42. The molecular formula is C31H44N4O2. The van der Waals surface area contributed by atoms with Crippen LogP contribution in [0.4, 0.5) is 0 Å². The lowest BCUT2D eigenvalue weighted by Gasteiger charge is -2.35. The molecule has 0 bridgehead atoms. The highest BCUT2D eigenvalue weighted by Crippen LogP contribution is 2.29. The van der Waals surface area contributed by atoms with E-state index in [1.165, 1.54) is 75.8 Å². The van der Waals surface area contributed by atoms with Crippen LogP contribution in [0.5, 0.6) is 0 Å². The number of amides is 1. The van der Waals surface area contributed by atoms with Crippen LogP contribution in [0.3, 0.4) is 0 Å². The van der Waals surface area contributed by atoms with E-state index in [0.29, 0.717) is 6.54 Å². The number of benzene rings is 1. The molecule has 0 radical (unpaired) electrons. The zero-order valence-corrected chi connectivity index (χ0v) is 22.3. The molecule has 37 heavy (non-hydrogen) atoms. The number of piperidine rings is 2. The average Bonchev–Trinajstić information content (AvgIpc) is 3.47. The molecular weight excluding hydrogens is 460 g/mol. The van der Waals surface area contributed by atoms with E-state index < -0.39 is 0 Å². The molecule has 0 aliphatic carbocycles. The molecule has 1 amide bonds. The maximum atomic E-state index is 12.4. The van der Waals surface area contributed by atoms with Crippen LogP contribution in [0.2, 0.25) is 0 Å². The third-order valence-corrected chi connectivity index (χ3v) is 8.69. The summed E-state index contributed by atoms with van der Waals surface area (Å²) in [7, 11) is 0. The third kappa shape index (κ3) is 8.10. The van der Waals surface area contributed by atoms with Crippen molar-refractivity contribution in [3.8, 4) is 0 Å². The molecule has 1 unspecified atom stereocenters. The molecule has 4 heterocycles. The van der Waals surface area contributed by atoms with Crippen LogP contribution in [-0.2, 0) is 17.8 Å². The topological polar surface area (TPSA) is 57.7 Å². The Balaban J connectivity index is 0.955. The Morgan fingerprint density at radius 3 is 1.92 bits per heavy atom. The zero-order chi connectivity index (χ0) is 25.3. The lowest BCUT2D eigenvalue weighted by atomic mass is 9.85. The number of pyridine rings is 1. The van der Waals surface area contributed by atoms with Crippen LogP contribution in [0, 0.1) is 11.8 Å². The molecule has 3 fully saturated rings. The molecule has 1 N–H and O–H groups in total. The first-order valence-electron chi connectivity index (χ1n) is 14.5. The second-order valence-corrected chi connectivity index (χ2v) is 11.4. The van der Waals surface area contributed by atoms with Crippen molar-refractivity contribution < 1.29 is 9.53 Å². The molecule has 1 aromatic heterocycles. The van der Waals surface area contributed by atoms with Gasteiger partial charge in [0.05, 0.1) is 6.10 Å². The maximum absolute atomic E-state index is 12.4. The van der Waals surface area contributed by atoms with Crippen LogP contribution >= 0.6 is 0 Å². The lowest BCUT2D eigenvalue weighted by molar-refractivity contribution is 0.0857. The second kappa shape index (κ2) is 13.5. The molecule has 3 aliphatic rings. The van der Waals surface area contributed by atoms with Crippen molar-refractivity contribution in [2.75, 3.05) is 39.3 Å². The fourth-order valence-electron chi connectivity index (χ4n) is 6.22. The zero-order valence-electron chi connectivity index (χ0n) is 22.3. The Bertz CT molecular complexity index is 945. The Morgan fingerprint density at radius 2 is 1.38 bits per heavy atom. The average molecular weight is 505 g/mol. The van der Waals surface area contributed by atoms with Gasteiger partial charge in [-0.2, -0.15) is 0 Å². The fraction of sp³-hybridized carbons (Fsp3) is 0.613. The molecule has 200 valence electrons. The first kappa shape index (κ1) is 26.3. The highest BCUT2D eigenvalue weighted by molar-refractivity contribution is 5.94. The van der Waals surface area contributed by atoms with Gasteiger partial charge in [-0.25, -0.2) is 0 Å². The van der Waals surface area contributed by atoms with Gasteiger partial charge in [-0.05, 0) is 112 Å². The van der Waals surface area contributed by atoms with E-state index in [-0.39, 0.29) is 12.0 Å². The van der Waals surface area contributed by atoms with Crippen LogP contribution in [-0.4, -0.2) is 66.1 Å². The Kier molecular flexibility index (Phi) is 9.60. The van der Waals surface area contributed by atoms with E-state index in [1.54, 1.807) is 0 Å². The van der Waals surface area contributed by atoms with E-state index in [4.69, 9.17) is 4.74 Å². The van der Waals surface area contributed by atoms with E-state index >= 15 is 0 Å². The molecule has 2 aromatic rings. The van der Waals surface area contributed by atoms with E-state index in [2.05, 4.69) is 44.4 Å². The van der Waals surface area contributed by atoms with Gasteiger partial charge in [0.1, 0.15) is 0 Å². The smallest absolute Gasteiger partial charge is 0.251 e. The second-order valence-electron chi connectivity index (χ2n) is 11.4. The van der Waals surface area contributed by atoms with Crippen molar-refractivity contribution >= 4 is 5.91 Å². The van der Waals surface area contributed by atoms with Crippen LogP contribution in [0.15, 0.2) is 48.8 Å². The summed E-state index contributed by atoms with van der Waals surface area (Å²) in [5, 5.41) is 3.02. The van der Waals surface area contributed by atoms with Crippen molar-refractivity contribution in [1.29, 1.82) is 0 Å². The number of likely N-dealkylation sites (tertiary alicyclic amines) is 2. The Labute approximate surface area is 222 Å². The Morgan fingerprint density at radius 1 is 0.811 bits per heavy atom. The quantitative estimate of drug-likeness (QED) is 0.499. The minimum Gasteiger partial charge on any atom is -0.376 e. The van der Waals surface area contributed by atoms with E-state index in [0.717, 1.165) is 49.9 Å². The van der Waals surface area contributed by atoms with Crippen molar-refractivity contribution in [3.63, 3.8) is 0 Å². The van der Waals surface area contributed by atoms with Gasteiger partial charge >= 0.3 is 0 Å². The number of nitrogens with zero attached hydrogens (tertiary/aromatic N) is 3. The number of ether oxygens (including phenoxy) is 1. The predicted octanol–water partition coefficient (Wildman–Crippen LogP) is 4.89.